The zero-order valence-electron chi connectivity index (χ0n) is 16.6. The van der Waals surface area contributed by atoms with Gasteiger partial charge in [0.05, 0.1) is 0 Å². The Morgan fingerprint density at radius 1 is 0.696 bits per heavy atom. The van der Waals surface area contributed by atoms with Gasteiger partial charge in [-0.2, -0.15) is 0 Å². The standard InChI is InChI=1S/C10H15.3C4H9.Sn/c1-3-5-7-9-10-8-6-4-2;3*1-3-4-2;/h3,5H,1,4,6,8,10H2,2H3;3*1,3-4H2,2H3;/b5-3-;;;;. The van der Waals surface area contributed by atoms with Crippen LogP contribution in [-0.4, -0.2) is 18.4 Å². The van der Waals surface area contributed by atoms with Crippen molar-refractivity contribution < 1.29 is 0 Å². The molecule has 0 nitrogen and oxygen atoms in total. The van der Waals surface area contributed by atoms with E-state index >= 15 is 0 Å². The summed E-state index contributed by atoms with van der Waals surface area (Å²) in [7, 11) is 0. The molecular formula is C22H42Sn. The van der Waals surface area contributed by atoms with Gasteiger partial charge in [-0.25, -0.2) is 0 Å². The van der Waals surface area contributed by atoms with E-state index in [9.17, 15) is 0 Å². The van der Waals surface area contributed by atoms with E-state index in [0.29, 0.717) is 0 Å². The van der Waals surface area contributed by atoms with Crippen LogP contribution < -0.4 is 0 Å². The van der Waals surface area contributed by atoms with E-state index in [-0.39, 0.29) is 0 Å². The second-order valence-corrected chi connectivity index (χ2v) is 21.2. The quantitative estimate of drug-likeness (QED) is 0.150. The van der Waals surface area contributed by atoms with Crippen molar-refractivity contribution in [2.45, 2.75) is 110 Å². The zero-order chi connectivity index (χ0) is 17.2. The van der Waals surface area contributed by atoms with Crippen molar-refractivity contribution >= 4 is 18.4 Å². The Hall–Kier alpha value is 0.0987. The summed E-state index contributed by atoms with van der Waals surface area (Å²) in [5.74, 6) is 6.61. The van der Waals surface area contributed by atoms with Crippen LogP contribution in [0.2, 0.25) is 17.7 Å². The van der Waals surface area contributed by atoms with Crippen LogP contribution in [0.25, 0.3) is 0 Å². The molecule has 0 N–H and O–H groups in total. The molecule has 0 spiro atoms. The van der Waals surface area contributed by atoms with Gasteiger partial charge in [-0.1, -0.05) is 0 Å². The minimum absolute atomic E-state index is 1.08. The van der Waals surface area contributed by atoms with Crippen LogP contribution in [0.4, 0.5) is 0 Å². The minimum atomic E-state index is -1.93. The van der Waals surface area contributed by atoms with Gasteiger partial charge in [0.15, 0.2) is 0 Å². The maximum atomic E-state index is 3.32. The fourth-order valence-corrected chi connectivity index (χ4v) is 18.4. The van der Waals surface area contributed by atoms with Crippen LogP contribution in [0.15, 0.2) is 12.2 Å². The summed E-state index contributed by atoms with van der Waals surface area (Å²) in [5, 5.41) is 0. The molecular weight excluding hydrogens is 383 g/mol. The SMILES string of the molecule is CCCCCC#C/C=C\[CH2][Sn]([CH2]CCC)([CH2]CCC)[CH2]CCC. The molecule has 0 radical (unpaired) electrons. The van der Waals surface area contributed by atoms with Crippen molar-refractivity contribution in [1.82, 2.24) is 0 Å². The molecule has 0 unspecified atom stereocenters. The fraction of sp³-hybridized carbons (Fsp3) is 0.818. The molecule has 23 heavy (non-hydrogen) atoms. The van der Waals surface area contributed by atoms with Crippen LogP contribution in [0.5, 0.6) is 0 Å². The van der Waals surface area contributed by atoms with E-state index in [1.807, 2.05) is 0 Å². The fourth-order valence-electron chi connectivity index (χ4n) is 3.30. The average Bonchev–Trinajstić information content (AvgIpc) is 2.58. The Kier molecular flexibility index (Phi) is 17.0. The Labute approximate surface area is 151 Å². The molecule has 0 aromatic rings. The molecule has 0 heterocycles. The van der Waals surface area contributed by atoms with E-state index in [4.69, 9.17) is 0 Å². The molecule has 134 valence electrons. The van der Waals surface area contributed by atoms with Crippen molar-refractivity contribution in [3.8, 4) is 11.8 Å². The van der Waals surface area contributed by atoms with Crippen molar-refractivity contribution in [1.29, 1.82) is 0 Å². The molecule has 0 aromatic heterocycles. The molecule has 0 amide bonds. The first-order valence-corrected chi connectivity index (χ1v) is 18.4. The predicted octanol–water partition coefficient (Wildman–Crippen LogP) is 7.98. The molecule has 1 heteroatoms. The van der Waals surface area contributed by atoms with Gasteiger partial charge in [0.2, 0.25) is 0 Å². The Balaban J connectivity index is 4.55. The third kappa shape index (κ3) is 13.1. The van der Waals surface area contributed by atoms with Crippen LogP contribution in [0.1, 0.15) is 91.9 Å². The van der Waals surface area contributed by atoms with E-state index < -0.39 is 18.4 Å². The van der Waals surface area contributed by atoms with E-state index in [2.05, 4.69) is 51.7 Å². The molecule has 0 rings (SSSR count). The van der Waals surface area contributed by atoms with Gasteiger partial charge in [-0.15, -0.1) is 0 Å². The van der Waals surface area contributed by atoms with Gasteiger partial charge in [-0.3, -0.25) is 0 Å². The first kappa shape index (κ1) is 23.1. The second-order valence-electron chi connectivity index (χ2n) is 7.20. The van der Waals surface area contributed by atoms with E-state index in [1.165, 1.54) is 62.2 Å². The Bertz CT molecular complexity index is 310. The van der Waals surface area contributed by atoms with Crippen molar-refractivity contribution in [2.75, 3.05) is 0 Å². The molecule has 0 aromatic carbocycles. The molecule has 0 saturated carbocycles. The summed E-state index contributed by atoms with van der Waals surface area (Å²) < 4.78 is 6.27. The first-order valence-electron chi connectivity index (χ1n) is 10.4. The second kappa shape index (κ2) is 16.9. The van der Waals surface area contributed by atoms with Crippen LogP contribution in [0.3, 0.4) is 0 Å². The summed E-state index contributed by atoms with van der Waals surface area (Å²) in [5.41, 5.74) is 0. The summed E-state index contributed by atoms with van der Waals surface area (Å²) in [4.78, 5) is 0. The predicted molar refractivity (Wildman–Crippen MR) is 111 cm³/mol. The zero-order valence-corrected chi connectivity index (χ0v) is 19.4. The topological polar surface area (TPSA) is 0 Å². The Morgan fingerprint density at radius 2 is 1.22 bits per heavy atom. The monoisotopic (exact) mass is 426 g/mol. The summed E-state index contributed by atoms with van der Waals surface area (Å²) >= 11 is -1.93. The third-order valence-corrected chi connectivity index (χ3v) is 20.2. The number of hydrogen-bond acceptors (Lipinski definition) is 0. The molecule has 0 aliphatic carbocycles. The Morgan fingerprint density at radius 3 is 1.70 bits per heavy atom. The third-order valence-electron chi connectivity index (χ3n) is 4.94. The number of rotatable bonds is 14. The van der Waals surface area contributed by atoms with Gasteiger partial charge in [0.25, 0.3) is 0 Å². The number of hydrogen-bond donors (Lipinski definition) is 0. The van der Waals surface area contributed by atoms with Crippen molar-refractivity contribution in [3.63, 3.8) is 0 Å². The van der Waals surface area contributed by atoms with Gasteiger partial charge >= 0.3 is 152 Å². The summed E-state index contributed by atoms with van der Waals surface area (Å²) in [6.07, 6.45) is 18.1. The number of unbranched alkanes of at least 4 members (excludes halogenated alkanes) is 6. The van der Waals surface area contributed by atoms with E-state index in [0.717, 1.165) is 6.42 Å². The van der Waals surface area contributed by atoms with Crippen LogP contribution in [0, 0.1) is 11.8 Å². The van der Waals surface area contributed by atoms with Gasteiger partial charge < -0.3 is 0 Å². The molecule has 0 aliphatic heterocycles. The van der Waals surface area contributed by atoms with Crippen LogP contribution in [-0.2, 0) is 0 Å². The first-order chi connectivity index (χ1) is 11.2. The molecule has 0 bridgehead atoms. The molecule has 0 saturated heterocycles. The average molecular weight is 425 g/mol. The molecule has 0 atom stereocenters. The maximum absolute atomic E-state index is 3.32. The number of allylic oxidation sites excluding steroid dienone is 2. The van der Waals surface area contributed by atoms with Gasteiger partial charge in [0, 0.05) is 0 Å². The van der Waals surface area contributed by atoms with Crippen LogP contribution >= 0.6 is 0 Å². The molecule has 0 aliphatic rings. The van der Waals surface area contributed by atoms with Crippen molar-refractivity contribution in [3.05, 3.63) is 12.2 Å². The normalized spacial score (nSPS) is 11.7. The van der Waals surface area contributed by atoms with Gasteiger partial charge in [0.1, 0.15) is 0 Å². The summed E-state index contributed by atoms with van der Waals surface area (Å²) in [6, 6.07) is 0. The van der Waals surface area contributed by atoms with E-state index in [1.54, 1.807) is 13.3 Å². The molecule has 0 fully saturated rings. The summed E-state index contributed by atoms with van der Waals surface area (Å²) in [6.45, 7) is 9.32. The van der Waals surface area contributed by atoms with Crippen molar-refractivity contribution in [2.24, 2.45) is 0 Å². The van der Waals surface area contributed by atoms with Gasteiger partial charge in [-0.05, 0) is 0 Å².